The zero-order chi connectivity index (χ0) is 27.3. The number of aromatic nitrogens is 1. The molecule has 1 aliphatic heterocycles. The number of carbonyl (C=O) groups is 1. The maximum Gasteiger partial charge on any atom is 0.586 e. The van der Waals surface area contributed by atoms with Crippen LogP contribution in [0.15, 0.2) is 36.4 Å². The van der Waals surface area contributed by atoms with Gasteiger partial charge in [-0.3, -0.25) is 4.79 Å². The number of H-pyrrole nitrogens is 1. The lowest BCUT2D eigenvalue weighted by molar-refractivity contribution is -0.286. The van der Waals surface area contributed by atoms with Crippen molar-refractivity contribution in [2.45, 2.75) is 56.3 Å². The number of aliphatic hydroxyl groups is 2. The second-order valence-electron chi connectivity index (χ2n) is 10.5. The maximum atomic E-state index is 15.0. The van der Waals surface area contributed by atoms with Crippen molar-refractivity contribution in [3.05, 3.63) is 53.5 Å². The van der Waals surface area contributed by atoms with Gasteiger partial charge in [0.1, 0.15) is 11.9 Å². The van der Waals surface area contributed by atoms with Crippen molar-refractivity contribution < 1.29 is 46.7 Å². The van der Waals surface area contributed by atoms with Gasteiger partial charge in [-0.1, -0.05) is 19.9 Å². The number of hydrogen-bond donors (Lipinski definition) is 4. The number of aliphatic hydroxyl groups excluding tert-OH is 2. The minimum absolute atomic E-state index is 0. The van der Waals surface area contributed by atoms with E-state index < -0.39 is 29.5 Å². The second-order valence-corrected chi connectivity index (χ2v) is 10.5. The van der Waals surface area contributed by atoms with Crippen molar-refractivity contribution in [2.24, 2.45) is 0 Å². The first-order valence-corrected chi connectivity index (χ1v) is 12.3. The van der Waals surface area contributed by atoms with E-state index in [0.29, 0.717) is 42.3 Å². The normalized spacial score (nSPS) is 18.0. The van der Waals surface area contributed by atoms with Gasteiger partial charge < -0.3 is 34.7 Å². The number of benzene rings is 2. The smallest absolute Gasteiger partial charge is 0.395 e. The molecule has 8 nitrogen and oxygen atoms in total. The van der Waals surface area contributed by atoms with Crippen molar-refractivity contribution in [3.8, 4) is 11.5 Å². The molecule has 2 aliphatic rings. The third-order valence-electron chi connectivity index (χ3n) is 7.22. The van der Waals surface area contributed by atoms with Crippen LogP contribution in [-0.2, 0) is 20.4 Å². The van der Waals surface area contributed by atoms with Gasteiger partial charge >= 0.3 is 6.29 Å². The third kappa shape index (κ3) is 5.05. The van der Waals surface area contributed by atoms with Gasteiger partial charge in [-0.2, -0.15) is 0 Å². The summed E-state index contributed by atoms with van der Waals surface area (Å²) in [6.07, 6.45) is -3.10. The van der Waals surface area contributed by atoms with Crippen LogP contribution in [0.2, 0.25) is 0 Å². The van der Waals surface area contributed by atoms with Crippen LogP contribution >= 0.6 is 0 Å². The molecule has 0 spiro atoms. The number of hydrogen-bond acceptors (Lipinski definition) is 6. The monoisotopic (exact) mass is 540 g/mol. The molecule has 0 unspecified atom stereocenters. The number of amides is 1. The number of fused-ring (bicyclic) bond motifs is 2. The SMILES string of the molecule is CC(C)(CCOC[C@@H](O)CO)c1cc2cc(NC(=O)C3(c4ccc5c(c4)OC(F)(F)O5)CC3)c(F)cc2[nH]1.[HH].[HH].[HH]. The molecule has 2 heterocycles. The van der Waals surface area contributed by atoms with Gasteiger partial charge in [0, 0.05) is 39.0 Å². The molecule has 1 amide bonds. The first kappa shape index (κ1) is 26.3. The molecule has 38 heavy (non-hydrogen) atoms. The number of nitrogens with one attached hydrogen (secondary N) is 2. The zero-order valence-electron chi connectivity index (χ0n) is 20.9. The van der Waals surface area contributed by atoms with Crippen LogP contribution in [0.4, 0.5) is 18.9 Å². The summed E-state index contributed by atoms with van der Waals surface area (Å²) in [7, 11) is 0. The van der Waals surface area contributed by atoms with Crippen molar-refractivity contribution in [1.29, 1.82) is 0 Å². The van der Waals surface area contributed by atoms with Crippen molar-refractivity contribution in [1.82, 2.24) is 4.98 Å². The van der Waals surface area contributed by atoms with E-state index in [2.05, 4.69) is 19.8 Å². The molecule has 210 valence electrons. The molecule has 3 aromatic rings. The van der Waals surface area contributed by atoms with Crippen LogP contribution in [0, 0.1) is 5.82 Å². The van der Waals surface area contributed by atoms with E-state index in [1.54, 1.807) is 12.1 Å². The van der Waals surface area contributed by atoms with Crippen LogP contribution in [0.5, 0.6) is 11.5 Å². The van der Waals surface area contributed by atoms with Crippen LogP contribution in [0.1, 0.15) is 48.6 Å². The molecule has 2 aromatic carbocycles. The minimum atomic E-state index is -3.75. The zero-order valence-corrected chi connectivity index (χ0v) is 20.9. The molecule has 1 aromatic heterocycles. The fourth-order valence-electron chi connectivity index (χ4n) is 4.61. The highest BCUT2D eigenvalue weighted by Crippen LogP contribution is 2.52. The summed E-state index contributed by atoms with van der Waals surface area (Å²) in [6, 6.07) is 9.03. The fourth-order valence-corrected chi connectivity index (χ4v) is 4.61. The molecule has 11 heteroatoms. The number of carbonyl (C=O) groups excluding carboxylic acids is 1. The van der Waals surface area contributed by atoms with Gasteiger partial charge in [0.25, 0.3) is 0 Å². The number of anilines is 1. The summed E-state index contributed by atoms with van der Waals surface area (Å²) in [5, 5.41) is 21.7. The van der Waals surface area contributed by atoms with E-state index >= 15 is 4.39 Å². The molecule has 0 saturated heterocycles. The lowest BCUT2D eigenvalue weighted by Crippen LogP contribution is -2.28. The maximum absolute atomic E-state index is 15.0. The van der Waals surface area contributed by atoms with E-state index in [1.165, 1.54) is 18.2 Å². The highest BCUT2D eigenvalue weighted by atomic mass is 19.3. The van der Waals surface area contributed by atoms with Crippen molar-refractivity contribution in [2.75, 3.05) is 25.1 Å². The average Bonchev–Trinajstić information content (AvgIpc) is 3.47. The first-order valence-electron chi connectivity index (χ1n) is 12.3. The minimum Gasteiger partial charge on any atom is -0.395 e. The lowest BCUT2D eigenvalue weighted by atomic mass is 9.86. The number of halogens is 3. The molecule has 0 bridgehead atoms. The Kier molecular flexibility index (Phi) is 6.57. The molecule has 4 N–H and O–H groups in total. The number of ether oxygens (including phenoxy) is 3. The second kappa shape index (κ2) is 9.48. The summed E-state index contributed by atoms with van der Waals surface area (Å²) < 4.78 is 56.2. The largest absolute Gasteiger partial charge is 0.586 e. The summed E-state index contributed by atoms with van der Waals surface area (Å²) in [5.74, 6) is -1.29. The van der Waals surface area contributed by atoms with Crippen LogP contribution < -0.4 is 14.8 Å². The Morgan fingerprint density at radius 3 is 2.66 bits per heavy atom. The Morgan fingerprint density at radius 2 is 1.95 bits per heavy atom. The first-order chi connectivity index (χ1) is 17.9. The summed E-state index contributed by atoms with van der Waals surface area (Å²) in [6.45, 7) is 4.02. The molecule has 1 fully saturated rings. The van der Waals surface area contributed by atoms with Crippen molar-refractivity contribution >= 4 is 22.5 Å². The molecular weight excluding hydrogens is 505 g/mol. The number of aromatic amines is 1. The van der Waals surface area contributed by atoms with Gasteiger partial charge in [-0.15, -0.1) is 8.78 Å². The predicted octanol–water partition coefficient (Wildman–Crippen LogP) is 5.07. The van der Waals surface area contributed by atoms with Gasteiger partial charge in [0.15, 0.2) is 11.5 Å². The molecule has 1 aliphatic carbocycles. The van der Waals surface area contributed by atoms with Gasteiger partial charge in [-0.25, -0.2) is 4.39 Å². The standard InChI is InChI=1S/C27H29F3N2O6.3H2/c1-25(2,7-8-36-14-17(34)13-33)23-10-15-9-20(18(28)12-19(15)31-23)32-24(35)26(5-6-26)16-3-4-21-22(11-16)38-27(29,30)37-21;;;/h3-4,9-12,17,31,33-34H,5-8,13-14H2,1-2H3,(H,32,35);3*1H/t17-;;;/m0.../s1. The van der Waals surface area contributed by atoms with Crippen LogP contribution in [-0.4, -0.2) is 53.3 Å². The molecule has 5 rings (SSSR count). The lowest BCUT2D eigenvalue weighted by Gasteiger charge is -2.23. The average molecular weight is 541 g/mol. The van der Waals surface area contributed by atoms with E-state index in [1.807, 2.05) is 19.9 Å². The fraction of sp³-hybridized carbons (Fsp3) is 0.444. The molecular formula is C27H35F3N2O6. The third-order valence-corrected chi connectivity index (χ3v) is 7.22. The Balaban J connectivity index is 0.00000196. The highest BCUT2D eigenvalue weighted by molar-refractivity contribution is 6.02. The Bertz CT molecular complexity index is 1380. The van der Waals surface area contributed by atoms with Crippen molar-refractivity contribution in [3.63, 3.8) is 0 Å². The van der Waals surface area contributed by atoms with Gasteiger partial charge in [0.2, 0.25) is 5.91 Å². The topological polar surface area (TPSA) is 113 Å². The van der Waals surface area contributed by atoms with Crippen LogP contribution in [0.3, 0.4) is 0 Å². The van der Waals surface area contributed by atoms with Gasteiger partial charge in [-0.05, 0) is 49.1 Å². The molecule has 1 atom stereocenters. The van der Waals surface area contributed by atoms with Crippen LogP contribution in [0.25, 0.3) is 10.9 Å². The quantitative estimate of drug-likeness (QED) is 0.267. The number of alkyl halides is 2. The van der Waals surface area contributed by atoms with E-state index in [0.717, 1.165) is 5.69 Å². The predicted molar refractivity (Wildman–Crippen MR) is 138 cm³/mol. The van der Waals surface area contributed by atoms with Gasteiger partial charge in [0.05, 0.1) is 24.3 Å². The summed E-state index contributed by atoms with van der Waals surface area (Å²) in [5.41, 5.74) is 0.598. The number of rotatable bonds is 10. The highest BCUT2D eigenvalue weighted by Gasteiger charge is 2.53. The Morgan fingerprint density at radius 1 is 1.21 bits per heavy atom. The summed E-state index contributed by atoms with van der Waals surface area (Å²) >= 11 is 0. The van der Waals surface area contributed by atoms with E-state index in [4.69, 9.17) is 9.84 Å². The molecule has 1 saturated carbocycles. The Labute approximate surface area is 221 Å². The molecule has 0 radical (unpaired) electrons. The van der Waals surface area contributed by atoms with E-state index in [9.17, 15) is 18.7 Å². The summed E-state index contributed by atoms with van der Waals surface area (Å²) in [4.78, 5) is 16.5. The van der Waals surface area contributed by atoms with E-state index in [-0.39, 0.29) is 40.1 Å². The Hall–Kier alpha value is -3.28.